The number of nitrogens with zero attached hydrogens (tertiary/aromatic N) is 2. The first kappa shape index (κ1) is 19.8. The van der Waals surface area contributed by atoms with E-state index in [0.717, 1.165) is 42.5 Å². The molecule has 1 atom stereocenters. The predicted octanol–water partition coefficient (Wildman–Crippen LogP) is 6.54. The lowest BCUT2D eigenvalue weighted by Crippen LogP contribution is -2.18. The summed E-state index contributed by atoms with van der Waals surface area (Å²) in [5.41, 5.74) is 6.04. The Balaban J connectivity index is 1.43. The van der Waals surface area contributed by atoms with E-state index in [4.69, 9.17) is 9.47 Å². The summed E-state index contributed by atoms with van der Waals surface area (Å²) in [7, 11) is 0. The first-order valence-corrected chi connectivity index (χ1v) is 11.2. The molecule has 0 amide bonds. The van der Waals surface area contributed by atoms with Crippen molar-refractivity contribution in [1.82, 2.24) is 9.78 Å². The molecule has 31 heavy (non-hydrogen) atoms. The van der Waals surface area contributed by atoms with Gasteiger partial charge in [-0.15, -0.1) is 0 Å². The van der Waals surface area contributed by atoms with Crippen molar-refractivity contribution in [3.8, 4) is 16.9 Å². The van der Waals surface area contributed by atoms with Gasteiger partial charge in [0.2, 0.25) is 0 Å². The molecule has 3 aromatic carbocycles. The van der Waals surface area contributed by atoms with Crippen LogP contribution in [0.2, 0.25) is 0 Å². The molecule has 2 heterocycles. The highest BCUT2D eigenvalue weighted by Crippen LogP contribution is 2.32. The Kier molecular flexibility index (Phi) is 5.72. The van der Waals surface area contributed by atoms with E-state index in [2.05, 4.69) is 65.2 Å². The molecule has 0 radical (unpaired) electrons. The molecular formula is C27H28N2O2. The molecule has 1 unspecified atom stereocenters. The maximum absolute atomic E-state index is 6.05. The Morgan fingerprint density at radius 3 is 2.74 bits per heavy atom. The average Bonchev–Trinajstić information content (AvgIpc) is 3.27. The van der Waals surface area contributed by atoms with Crippen molar-refractivity contribution in [1.29, 1.82) is 0 Å². The minimum atomic E-state index is 0.0425. The number of ether oxygens (including phenoxy) is 2. The molecule has 0 bridgehead atoms. The molecule has 4 nitrogen and oxygen atoms in total. The van der Waals surface area contributed by atoms with Gasteiger partial charge in [-0.3, -0.25) is 0 Å². The Morgan fingerprint density at radius 2 is 1.94 bits per heavy atom. The van der Waals surface area contributed by atoms with Crippen LogP contribution >= 0.6 is 0 Å². The van der Waals surface area contributed by atoms with E-state index in [1.54, 1.807) is 0 Å². The summed E-state index contributed by atoms with van der Waals surface area (Å²) in [5, 5.41) is 5.79. The van der Waals surface area contributed by atoms with Crippen LogP contribution in [0, 0.1) is 0 Å². The van der Waals surface area contributed by atoms with E-state index in [0.29, 0.717) is 6.61 Å². The van der Waals surface area contributed by atoms with E-state index in [9.17, 15) is 0 Å². The summed E-state index contributed by atoms with van der Waals surface area (Å²) >= 11 is 0. The van der Waals surface area contributed by atoms with Crippen LogP contribution in [-0.2, 0) is 17.8 Å². The Morgan fingerprint density at radius 1 is 1.03 bits per heavy atom. The zero-order valence-corrected chi connectivity index (χ0v) is 18.0. The van der Waals surface area contributed by atoms with Gasteiger partial charge in [0, 0.05) is 12.0 Å². The zero-order valence-electron chi connectivity index (χ0n) is 18.0. The predicted molar refractivity (Wildman–Crippen MR) is 124 cm³/mol. The van der Waals surface area contributed by atoms with Gasteiger partial charge in [-0.1, -0.05) is 55.5 Å². The van der Waals surface area contributed by atoms with Crippen molar-refractivity contribution in [3.63, 3.8) is 0 Å². The minimum Gasteiger partial charge on any atom is -0.489 e. The maximum Gasteiger partial charge on any atom is 0.150 e. The molecular weight excluding hydrogens is 384 g/mol. The Hall–Kier alpha value is -3.11. The molecule has 0 aliphatic carbocycles. The van der Waals surface area contributed by atoms with Gasteiger partial charge >= 0.3 is 0 Å². The lowest BCUT2D eigenvalue weighted by atomic mass is 9.97. The van der Waals surface area contributed by atoms with Gasteiger partial charge in [0.1, 0.15) is 12.4 Å². The van der Waals surface area contributed by atoms with Gasteiger partial charge in [-0.25, -0.2) is 4.68 Å². The first-order valence-electron chi connectivity index (χ1n) is 11.2. The number of hydrogen-bond acceptors (Lipinski definition) is 3. The van der Waals surface area contributed by atoms with Crippen LogP contribution in [0.25, 0.3) is 22.0 Å². The molecule has 1 fully saturated rings. The summed E-state index contributed by atoms with van der Waals surface area (Å²) < 4.78 is 14.1. The summed E-state index contributed by atoms with van der Waals surface area (Å²) in [4.78, 5) is 0. The van der Waals surface area contributed by atoms with Gasteiger partial charge in [-0.2, -0.15) is 5.10 Å². The quantitative estimate of drug-likeness (QED) is 0.360. The van der Waals surface area contributed by atoms with Gasteiger partial charge in [-0.05, 0) is 66.1 Å². The second kappa shape index (κ2) is 8.94. The molecule has 4 heteroatoms. The fraction of sp³-hybridized carbons (Fsp3) is 0.296. The fourth-order valence-corrected chi connectivity index (χ4v) is 4.33. The van der Waals surface area contributed by atoms with E-state index >= 15 is 0 Å². The number of rotatable bonds is 6. The van der Waals surface area contributed by atoms with Gasteiger partial charge in [0.25, 0.3) is 0 Å². The normalized spacial score (nSPS) is 16.5. The van der Waals surface area contributed by atoms with Crippen molar-refractivity contribution in [2.24, 2.45) is 0 Å². The van der Waals surface area contributed by atoms with Crippen LogP contribution < -0.4 is 4.74 Å². The molecule has 0 saturated carbocycles. The molecule has 158 valence electrons. The largest absolute Gasteiger partial charge is 0.489 e. The van der Waals surface area contributed by atoms with Crippen LogP contribution in [0.5, 0.6) is 5.75 Å². The van der Waals surface area contributed by atoms with E-state index in [1.165, 1.54) is 28.7 Å². The van der Waals surface area contributed by atoms with Gasteiger partial charge in [0.15, 0.2) is 6.23 Å². The van der Waals surface area contributed by atoms with Crippen LogP contribution in [0.3, 0.4) is 0 Å². The maximum atomic E-state index is 6.05. The Bertz CT molecular complexity index is 1160. The SMILES string of the molecule is CCc1cc(OCc2ccccc2)ccc1-c1ccc2cnn(C3CCCCO3)c2c1. The molecule has 1 aliphatic heterocycles. The fourth-order valence-electron chi connectivity index (χ4n) is 4.33. The third-order valence-electron chi connectivity index (χ3n) is 6.04. The summed E-state index contributed by atoms with van der Waals surface area (Å²) in [5.74, 6) is 0.908. The lowest BCUT2D eigenvalue weighted by molar-refractivity contribution is -0.0366. The van der Waals surface area contributed by atoms with Crippen molar-refractivity contribution in [3.05, 3.63) is 84.1 Å². The number of fused-ring (bicyclic) bond motifs is 1. The van der Waals surface area contributed by atoms with Crippen LogP contribution in [0.1, 0.15) is 43.5 Å². The van der Waals surface area contributed by atoms with E-state index in [-0.39, 0.29) is 6.23 Å². The minimum absolute atomic E-state index is 0.0425. The first-order chi connectivity index (χ1) is 15.3. The second-order valence-corrected chi connectivity index (χ2v) is 8.13. The molecule has 5 rings (SSSR count). The van der Waals surface area contributed by atoms with Crippen LogP contribution in [0.4, 0.5) is 0 Å². The summed E-state index contributed by atoms with van der Waals surface area (Å²) in [6.45, 7) is 3.59. The lowest BCUT2D eigenvalue weighted by Gasteiger charge is -2.23. The smallest absolute Gasteiger partial charge is 0.150 e. The third-order valence-corrected chi connectivity index (χ3v) is 6.04. The number of aromatic nitrogens is 2. The molecule has 0 N–H and O–H groups in total. The zero-order chi connectivity index (χ0) is 21.0. The highest BCUT2D eigenvalue weighted by molar-refractivity contribution is 5.85. The third kappa shape index (κ3) is 4.21. The van der Waals surface area contributed by atoms with Crippen molar-refractivity contribution >= 4 is 10.9 Å². The number of aryl methyl sites for hydroxylation is 1. The van der Waals surface area contributed by atoms with Gasteiger partial charge in [0.05, 0.1) is 11.7 Å². The standard InChI is InChI=1S/C27H28N2O2/c1-2-21-16-24(31-19-20-8-4-3-5-9-20)13-14-25(21)22-11-12-23-18-28-29(26(23)17-22)27-10-6-7-15-30-27/h3-5,8-9,11-14,16-18,27H,2,6-7,10,15,19H2,1H3. The van der Waals surface area contributed by atoms with E-state index in [1.807, 2.05) is 24.4 Å². The highest BCUT2D eigenvalue weighted by atomic mass is 16.5. The monoisotopic (exact) mass is 412 g/mol. The van der Waals surface area contributed by atoms with Crippen molar-refractivity contribution < 1.29 is 9.47 Å². The molecule has 1 aliphatic rings. The summed E-state index contributed by atoms with van der Waals surface area (Å²) in [6.07, 6.45) is 6.28. The Labute approximate surface area is 183 Å². The second-order valence-electron chi connectivity index (χ2n) is 8.13. The molecule has 4 aromatic rings. The van der Waals surface area contributed by atoms with Gasteiger partial charge < -0.3 is 9.47 Å². The molecule has 1 aromatic heterocycles. The highest BCUT2D eigenvalue weighted by Gasteiger charge is 2.19. The van der Waals surface area contributed by atoms with Crippen molar-refractivity contribution in [2.45, 2.75) is 45.4 Å². The van der Waals surface area contributed by atoms with Crippen LogP contribution in [0.15, 0.2) is 72.9 Å². The molecule has 1 saturated heterocycles. The number of hydrogen-bond donors (Lipinski definition) is 0. The van der Waals surface area contributed by atoms with Crippen molar-refractivity contribution in [2.75, 3.05) is 6.61 Å². The molecule has 0 spiro atoms. The van der Waals surface area contributed by atoms with E-state index < -0.39 is 0 Å². The van der Waals surface area contributed by atoms with Crippen LogP contribution in [-0.4, -0.2) is 16.4 Å². The summed E-state index contributed by atoms with van der Waals surface area (Å²) in [6, 6.07) is 23.3. The topological polar surface area (TPSA) is 36.3 Å². The average molecular weight is 413 g/mol. The number of benzene rings is 3.